The molecule has 0 amide bonds. The van der Waals surface area contributed by atoms with E-state index in [1.165, 1.54) is 0 Å². The van der Waals surface area contributed by atoms with Gasteiger partial charge in [0.2, 0.25) is 0 Å². The normalized spacial score (nSPS) is 0. The van der Waals surface area contributed by atoms with Gasteiger partial charge in [-0.2, -0.15) is 0 Å². The van der Waals surface area contributed by atoms with Gasteiger partial charge >= 0.3 is 0 Å². The van der Waals surface area contributed by atoms with Crippen LogP contribution >= 0.6 is 0 Å². The molecule has 0 saturated carbocycles. The fraction of sp³-hybridized carbons (Fsp3) is 0. The van der Waals surface area contributed by atoms with Gasteiger partial charge in [-0.05, 0) is 0 Å². The quantitative estimate of drug-likeness (QED) is 0.329. The molecule has 0 aromatic carbocycles. The number of hydrogen-bond donors (Lipinski definition) is 0. The molecule has 0 aromatic heterocycles. The summed E-state index contributed by atoms with van der Waals surface area (Å²) < 4.78 is 0. The Balaban J connectivity index is 0. The monoisotopic (exact) mass is 634 g/mol. The zero-order chi connectivity index (χ0) is 0. The van der Waals surface area contributed by atoms with Gasteiger partial charge in [-0.15, -0.1) is 0 Å². The predicted molar refractivity (Wildman–Crippen MR) is 0 cm³/mol. The molecule has 0 nitrogen and oxygen atoms in total. The number of rotatable bonds is 0. The Labute approximate surface area is 109 Å². The van der Waals surface area contributed by atoms with E-state index in [0.29, 0.717) is 0 Å². The SMILES string of the molecule is [Au].[Cu].[Cu].[Ni].[Ni].[Pt]. The van der Waals surface area contributed by atoms with Crippen molar-refractivity contribution in [2.75, 3.05) is 0 Å². The Morgan fingerprint density at radius 2 is 0.667 bits per heavy atom. The molecule has 0 fully saturated rings. The maximum atomic E-state index is 0. The first kappa shape index (κ1) is 56.6. The summed E-state index contributed by atoms with van der Waals surface area (Å²) in [6, 6.07) is 0. The van der Waals surface area contributed by atoms with Crippen LogP contribution in [0.4, 0.5) is 0 Å². The van der Waals surface area contributed by atoms with Crippen molar-refractivity contribution in [2.45, 2.75) is 0 Å². The summed E-state index contributed by atoms with van der Waals surface area (Å²) in [6.45, 7) is 0. The molecular weight excluding hydrogens is 637 g/mol. The maximum Gasteiger partial charge on any atom is 0 e. The first-order valence-corrected chi connectivity index (χ1v) is 0. The topological polar surface area (TPSA) is 0 Å². The van der Waals surface area contributed by atoms with Crippen molar-refractivity contribution in [3.63, 3.8) is 0 Å². The minimum atomic E-state index is 0. The third kappa shape index (κ3) is 26.0. The predicted octanol–water partition coefficient (Wildman–Crippen LogP) is -0.0150. The molecule has 0 aromatic rings. The summed E-state index contributed by atoms with van der Waals surface area (Å²) >= 11 is 0. The summed E-state index contributed by atoms with van der Waals surface area (Å²) in [5, 5.41) is 0. The molecule has 0 rings (SSSR count). The second-order valence-electron chi connectivity index (χ2n) is 0. The molecule has 3 radical (unpaired) electrons. The van der Waals surface area contributed by atoms with E-state index in [1.807, 2.05) is 0 Å². The Bertz CT molecular complexity index is 11.5. The molecular formula is AuCu2Ni2Pt. The summed E-state index contributed by atoms with van der Waals surface area (Å²) in [6.07, 6.45) is 0. The van der Waals surface area contributed by atoms with Gasteiger partial charge in [0.05, 0.1) is 0 Å². The van der Waals surface area contributed by atoms with Crippen molar-refractivity contribution in [3.05, 3.63) is 0 Å². The Morgan fingerprint density at radius 3 is 0.667 bits per heavy atom. The second-order valence-corrected chi connectivity index (χ2v) is 0. The summed E-state index contributed by atoms with van der Waals surface area (Å²) in [7, 11) is 0. The molecule has 0 heterocycles. The van der Waals surface area contributed by atoms with Gasteiger partial charge in [-0.25, -0.2) is 0 Å². The zero-order valence-corrected chi connectivity index (χ0v) is 10.2. The van der Waals surface area contributed by atoms with Crippen LogP contribution < -0.4 is 0 Å². The van der Waals surface area contributed by atoms with Gasteiger partial charge in [-0.1, -0.05) is 0 Å². The van der Waals surface area contributed by atoms with Gasteiger partial charge in [0.1, 0.15) is 0 Å². The van der Waals surface area contributed by atoms with Crippen LogP contribution in [0.3, 0.4) is 0 Å². The van der Waals surface area contributed by atoms with Gasteiger partial charge in [0, 0.05) is 111 Å². The fourth-order valence-electron chi connectivity index (χ4n) is 0. The molecule has 0 aliphatic carbocycles. The van der Waals surface area contributed by atoms with Crippen LogP contribution in [0.1, 0.15) is 0 Å². The smallest absolute Gasteiger partial charge is 0 e. The Morgan fingerprint density at radius 1 is 0.667 bits per heavy atom. The Hall–Kier alpha value is 3.45. The van der Waals surface area contributed by atoms with Crippen molar-refractivity contribution in [1.82, 2.24) is 0 Å². The molecule has 63 valence electrons. The van der Waals surface area contributed by atoms with Crippen molar-refractivity contribution in [3.8, 4) is 0 Å². The first-order chi connectivity index (χ1) is 0. The maximum absolute atomic E-state index is 0. The molecule has 0 unspecified atom stereocenters. The molecule has 0 aliphatic rings. The molecule has 6 heteroatoms. The summed E-state index contributed by atoms with van der Waals surface area (Å²) in [5.74, 6) is 0. The summed E-state index contributed by atoms with van der Waals surface area (Å²) in [5.41, 5.74) is 0. The zero-order valence-electron chi connectivity index (χ0n) is 1.85. The van der Waals surface area contributed by atoms with Crippen molar-refractivity contribution in [2.24, 2.45) is 0 Å². The summed E-state index contributed by atoms with van der Waals surface area (Å²) in [4.78, 5) is 0. The van der Waals surface area contributed by atoms with E-state index < -0.39 is 0 Å². The molecule has 0 bridgehead atoms. The van der Waals surface area contributed by atoms with Gasteiger partial charge in [0.25, 0.3) is 0 Å². The minimum absolute atomic E-state index is 0. The molecule has 6 heavy (non-hydrogen) atoms. The van der Waals surface area contributed by atoms with Crippen LogP contribution in [0.25, 0.3) is 0 Å². The van der Waals surface area contributed by atoms with Crippen LogP contribution in [-0.4, -0.2) is 0 Å². The molecule has 0 aliphatic heterocycles. The van der Waals surface area contributed by atoms with Crippen molar-refractivity contribution >= 4 is 0 Å². The van der Waals surface area contributed by atoms with Crippen LogP contribution in [0, 0.1) is 0 Å². The molecule has 0 N–H and O–H groups in total. The average Bonchev–Trinajstić information content (AvgIpc) is 0. The van der Waals surface area contributed by atoms with Crippen molar-refractivity contribution < 1.29 is 111 Å². The second kappa shape index (κ2) is 39.4. The average molecular weight is 637 g/mol. The van der Waals surface area contributed by atoms with E-state index in [1.54, 1.807) is 0 Å². The van der Waals surface area contributed by atoms with Crippen molar-refractivity contribution in [1.29, 1.82) is 0 Å². The molecule has 0 atom stereocenters. The van der Waals surface area contributed by atoms with Crippen LogP contribution in [0.2, 0.25) is 0 Å². The largest absolute Gasteiger partial charge is 0 e. The third-order valence-corrected chi connectivity index (χ3v) is 0. The third-order valence-electron chi connectivity index (χ3n) is 0. The van der Waals surface area contributed by atoms with E-state index in [4.69, 9.17) is 0 Å². The van der Waals surface area contributed by atoms with Crippen LogP contribution in [-0.2, 0) is 111 Å². The standard InChI is InChI=1S/Au.2Cu.2Ni.Pt. The Kier molecular flexibility index (Phi) is 372. The van der Waals surface area contributed by atoms with E-state index in [9.17, 15) is 0 Å². The molecule has 0 spiro atoms. The fourth-order valence-corrected chi connectivity index (χ4v) is 0. The first-order valence-electron chi connectivity index (χ1n) is 0. The van der Waals surface area contributed by atoms with Crippen LogP contribution in [0.5, 0.6) is 0 Å². The van der Waals surface area contributed by atoms with Gasteiger partial charge in [-0.3, -0.25) is 0 Å². The van der Waals surface area contributed by atoms with E-state index in [2.05, 4.69) is 0 Å². The number of hydrogen-bond acceptors (Lipinski definition) is 0. The van der Waals surface area contributed by atoms with Gasteiger partial charge < -0.3 is 0 Å². The van der Waals surface area contributed by atoms with E-state index in [0.717, 1.165) is 0 Å². The minimum Gasteiger partial charge on any atom is 0 e. The van der Waals surface area contributed by atoms with Gasteiger partial charge in [0.15, 0.2) is 0 Å². The van der Waals surface area contributed by atoms with E-state index in [-0.39, 0.29) is 111 Å². The molecule has 0 saturated heterocycles. The van der Waals surface area contributed by atoms with E-state index >= 15 is 0 Å². The van der Waals surface area contributed by atoms with Crippen LogP contribution in [0.15, 0.2) is 0 Å².